The lowest BCUT2D eigenvalue weighted by Gasteiger charge is -2.43. The third-order valence-corrected chi connectivity index (χ3v) is 17.5. The number of hydrogen-bond donors (Lipinski definition) is 3. The number of aliphatic hydroxyl groups is 3. The van der Waals surface area contributed by atoms with Crippen molar-refractivity contribution in [3.8, 4) is 0 Å². The summed E-state index contributed by atoms with van der Waals surface area (Å²) < 4.78 is 50.7. The summed E-state index contributed by atoms with van der Waals surface area (Å²) in [6, 6.07) is 30.5. The molecule has 2 saturated heterocycles. The van der Waals surface area contributed by atoms with Gasteiger partial charge in [0, 0.05) is 46.4 Å². The minimum absolute atomic E-state index is 0.00780. The molecule has 3 N–H and O–H groups in total. The van der Waals surface area contributed by atoms with E-state index in [4.69, 9.17) is 48.5 Å². The van der Waals surface area contributed by atoms with Crippen molar-refractivity contribution >= 4 is 29.8 Å². The molecule has 0 radical (unpaired) electrons. The Hall–Kier alpha value is -5.31. The maximum absolute atomic E-state index is 11.7. The molecule has 5 saturated carbocycles. The molecule has 3 aromatic carbocycles. The summed E-state index contributed by atoms with van der Waals surface area (Å²) >= 11 is 0. The monoisotopic (exact) mass is 1240 g/mol. The van der Waals surface area contributed by atoms with E-state index in [-0.39, 0.29) is 60.0 Å². The molecule has 5 aliphatic carbocycles. The van der Waals surface area contributed by atoms with E-state index in [2.05, 4.69) is 50.6 Å². The minimum Gasteiger partial charge on any atom is -0.469 e. The quantitative estimate of drug-likeness (QED) is 0.0747. The highest BCUT2D eigenvalue weighted by atomic mass is 16.5. The molecule has 18 nitrogen and oxygen atoms in total. The summed E-state index contributed by atoms with van der Waals surface area (Å²) in [4.78, 5) is 56.0. The normalized spacial score (nSPS) is 24.6. The molecule has 0 amide bonds. The van der Waals surface area contributed by atoms with Crippen LogP contribution in [0.5, 0.6) is 0 Å². The van der Waals surface area contributed by atoms with Gasteiger partial charge in [-0.1, -0.05) is 97.9 Å². The maximum Gasteiger partial charge on any atom is 0.311 e. The van der Waals surface area contributed by atoms with E-state index in [1.165, 1.54) is 77.9 Å². The van der Waals surface area contributed by atoms with Gasteiger partial charge in [0.2, 0.25) is 0 Å². The molecule has 2 heterocycles. The van der Waals surface area contributed by atoms with Crippen LogP contribution in [0.15, 0.2) is 91.0 Å². The average Bonchev–Trinajstić information content (AvgIpc) is 1.22. The first-order valence-corrected chi connectivity index (χ1v) is 31.5. The number of carbonyl (C=O) groups excluding carboxylic acids is 5. The lowest BCUT2D eigenvalue weighted by molar-refractivity contribution is -0.161. The number of carbonyl (C=O) groups is 5. The molecule has 88 heavy (non-hydrogen) atoms. The van der Waals surface area contributed by atoms with Gasteiger partial charge in [0.15, 0.2) is 0 Å². The Labute approximate surface area is 525 Å². The first-order valence-electron chi connectivity index (χ1n) is 31.5. The zero-order valence-electron chi connectivity index (χ0n) is 54.7. The zero-order valence-corrected chi connectivity index (χ0v) is 54.7. The molecule has 7 fully saturated rings. The molecule has 7 aliphatic rings. The Morgan fingerprint density at radius 1 is 0.455 bits per heavy atom. The topological polar surface area (TPSA) is 238 Å². The largest absolute Gasteiger partial charge is 0.469 e. The molecule has 0 aromatic heterocycles. The smallest absolute Gasteiger partial charge is 0.311 e. The predicted octanol–water partition coefficient (Wildman–Crippen LogP) is 11.0. The Kier molecular flexibility index (Phi) is 37.3. The number of rotatable bonds is 19. The van der Waals surface area contributed by atoms with Crippen LogP contribution in [0.2, 0.25) is 0 Å². The van der Waals surface area contributed by atoms with E-state index < -0.39 is 10.8 Å². The lowest BCUT2D eigenvalue weighted by Crippen LogP contribution is -2.44. The van der Waals surface area contributed by atoms with Crippen LogP contribution in [-0.2, 0) is 91.2 Å². The summed E-state index contributed by atoms with van der Waals surface area (Å²) in [7, 11) is 8.12. The molecule has 1 unspecified atom stereocenters. The van der Waals surface area contributed by atoms with E-state index in [0.29, 0.717) is 68.5 Å². The van der Waals surface area contributed by atoms with Crippen LogP contribution in [0.25, 0.3) is 0 Å². The van der Waals surface area contributed by atoms with Gasteiger partial charge in [-0.2, -0.15) is 0 Å². The van der Waals surface area contributed by atoms with Crippen molar-refractivity contribution < 1.29 is 86.7 Å². The van der Waals surface area contributed by atoms with E-state index >= 15 is 0 Å². The van der Waals surface area contributed by atoms with Gasteiger partial charge >= 0.3 is 29.8 Å². The van der Waals surface area contributed by atoms with E-state index in [0.717, 1.165) is 97.7 Å². The van der Waals surface area contributed by atoms with Gasteiger partial charge in [0.1, 0.15) is 0 Å². The summed E-state index contributed by atoms with van der Waals surface area (Å²) in [6.45, 7) is 15.6. The molecular formula is C70H108O18. The number of aliphatic hydroxyl groups excluding tert-OH is 3. The molecule has 0 bridgehead atoms. The van der Waals surface area contributed by atoms with Crippen LogP contribution >= 0.6 is 0 Å². The summed E-state index contributed by atoms with van der Waals surface area (Å²) in [5, 5.41) is 24.9. The fourth-order valence-electron chi connectivity index (χ4n) is 10.7. The molecule has 2 aliphatic heterocycles. The van der Waals surface area contributed by atoms with Crippen LogP contribution in [0.3, 0.4) is 0 Å². The SMILES string of the molecule is C1CCOC1.C1CCOC1.CO.COC(=O)C(C)(C)C1CC(O)C1.COC(=O)C(C)(C)C1CC(OCc2ccccc2)C1.COC(=O)C(C)C1CC(OCc2ccccc2)C1.COC(=O)CC1CC(O)C1.COC(=O)CC1CC(OCc2ccccc2)C1. The van der Waals surface area contributed by atoms with E-state index in [1.807, 2.05) is 89.2 Å². The first-order chi connectivity index (χ1) is 42.2. The second-order valence-corrected chi connectivity index (χ2v) is 24.7. The van der Waals surface area contributed by atoms with Gasteiger partial charge in [0.25, 0.3) is 0 Å². The molecule has 0 spiro atoms. The molecule has 10 rings (SSSR count). The van der Waals surface area contributed by atoms with Crippen LogP contribution in [0.4, 0.5) is 0 Å². The van der Waals surface area contributed by atoms with E-state index in [1.54, 1.807) is 0 Å². The number of methoxy groups -OCH3 is 5. The highest BCUT2D eigenvalue weighted by molar-refractivity contribution is 5.77. The Balaban J connectivity index is 0.000000277. The Bertz CT molecular complexity index is 2300. The summed E-state index contributed by atoms with van der Waals surface area (Å²) in [6.07, 6.45) is 15.3. The number of ether oxygens (including phenoxy) is 10. The summed E-state index contributed by atoms with van der Waals surface area (Å²) in [5.41, 5.74) is 2.75. The van der Waals surface area contributed by atoms with Crippen LogP contribution in [0, 0.1) is 46.3 Å². The summed E-state index contributed by atoms with van der Waals surface area (Å²) in [5.74, 6) is 1.16. The third kappa shape index (κ3) is 28.7. The molecule has 496 valence electrons. The van der Waals surface area contributed by atoms with Gasteiger partial charge in [-0.15, -0.1) is 0 Å². The fourth-order valence-corrected chi connectivity index (χ4v) is 10.7. The second-order valence-electron chi connectivity index (χ2n) is 24.7. The van der Waals surface area contributed by atoms with Crippen molar-refractivity contribution in [1.29, 1.82) is 0 Å². The fraction of sp³-hybridized carbons (Fsp3) is 0.671. The van der Waals surface area contributed by atoms with Crippen molar-refractivity contribution in [3.05, 3.63) is 108 Å². The van der Waals surface area contributed by atoms with Crippen molar-refractivity contribution in [2.75, 3.05) is 69.1 Å². The van der Waals surface area contributed by atoms with Gasteiger partial charge in [0.05, 0.1) is 103 Å². The zero-order chi connectivity index (χ0) is 64.9. The molecular weight excluding hydrogens is 1130 g/mol. The number of benzene rings is 3. The molecule has 18 heteroatoms. The maximum atomic E-state index is 11.7. The van der Waals surface area contributed by atoms with Crippen molar-refractivity contribution in [2.45, 2.75) is 188 Å². The van der Waals surface area contributed by atoms with Crippen molar-refractivity contribution in [2.24, 2.45) is 46.3 Å². The standard InChI is InChI=1S/C16H22O3.C15H20O3.C14H18O3.C9H16O3.C7H12O3.2C4H8O.CH4O/c1-16(2,15(17)18-3)13-9-14(10-13)19-11-12-7-5-4-6-8-12;1-11(15(16)17-2)13-8-14(9-13)18-10-12-6-4-3-5-7-12;1-16-14(15)9-12-7-13(8-12)17-10-11-5-3-2-4-6-11;1-9(2,8(11)12-3)6-4-7(10)5-6;1-10-7(9)4-5-2-6(8)3-5;2*1-2-4-5-3-1;1-2/h4-8,13-14H,9-11H2,1-3H3;3-7,11,13-14H,8-10H2,1-2H3;2-6,12-13H,7-10H2,1H3;6-7,10H,4-5H2,1-3H3;5-6,8H,2-4H2,1H3;2*1-4H2;2H,1H3. The van der Waals surface area contributed by atoms with Gasteiger partial charge in [-0.3, -0.25) is 24.0 Å². The first kappa shape index (κ1) is 76.9. The van der Waals surface area contributed by atoms with Gasteiger partial charge < -0.3 is 62.7 Å². The van der Waals surface area contributed by atoms with Crippen molar-refractivity contribution in [1.82, 2.24) is 0 Å². The number of esters is 5. The van der Waals surface area contributed by atoms with E-state index in [9.17, 15) is 24.0 Å². The Morgan fingerprint density at radius 3 is 1.07 bits per heavy atom. The van der Waals surface area contributed by atoms with Gasteiger partial charge in [-0.05, 0) is 164 Å². The molecule has 3 aromatic rings. The average molecular weight is 1240 g/mol. The Morgan fingerprint density at radius 2 is 0.773 bits per heavy atom. The predicted molar refractivity (Wildman–Crippen MR) is 335 cm³/mol. The van der Waals surface area contributed by atoms with Crippen LogP contribution < -0.4 is 0 Å². The van der Waals surface area contributed by atoms with Crippen LogP contribution in [-0.4, -0.2) is 145 Å². The number of hydrogen-bond acceptors (Lipinski definition) is 18. The third-order valence-electron chi connectivity index (χ3n) is 17.5. The van der Waals surface area contributed by atoms with Gasteiger partial charge in [-0.25, -0.2) is 0 Å². The minimum atomic E-state index is -0.437. The highest BCUT2D eigenvalue weighted by Crippen LogP contribution is 2.45. The second kappa shape index (κ2) is 42.6. The molecule has 1 atom stereocenters. The highest BCUT2D eigenvalue weighted by Gasteiger charge is 2.46. The van der Waals surface area contributed by atoms with Crippen LogP contribution in [0.1, 0.15) is 154 Å². The van der Waals surface area contributed by atoms with Crippen molar-refractivity contribution in [3.63, 3.8) is 0 Å². The lowest BCUT2D eigenvalue weighted by atomic mass is 9.66.